The first kappa shape index (κ1) is 12.1. The molecule has 2 nitrogen and oxygen atoms in total. The summed E-state index contributed by atoms with van der Waals surface area (Å²) < 4.78 is 12.6. The maximum atomic E-state index is 12.7. The Labute approximate surface area is 106 Å². The summed E-state index contributed by atoms with van der Waals surface area (Å²) in [6.45, 7) is 0. The Morgan fingerprint density at radius 1 is 1.25 bits per heavy atom. The number of hydrogen-bond acceptors (Lipinski definition) is 4. The van der Waals surface area contributed by atoms with Crippen molar-refractivity contribution in [3.05, 3.63) is 30.1 Å². The van der Waals surface area contributed by atoms with E-state index in [2.05, 4.69) is 5.32 Å². The van der Waals surface area contributed by atoms with E-state index in [9.17, 15) is 9.18 Å². The van der Waals surface area contributed by atoms with E-state index >= 15 is 0 Å². The molecular formula is C10H10FNOS3. The summed E-state index contributed by atoms with van der Waals surface area (Å²) in [5, 5.41) is 4.69. The third-order valence-corrected chi connectivity index (χ3v) is 6.20. The van der Waals surface area contributed by atoms with Crippen LogP contribution in [0.25, 0.3) is 0 Å². The van der Waals surface area contributed by atoms with Crippen LogP contribution in [-0.2, 0) is 4.79 Å². The lowest BCUT2D eigenvalue weighted by molar-refractivity contribution is -0.114. The Morgan fingerprint density at radius 2 is 1.88 bits per heavy atom. The first-order valence-corrected chi connectivity index (χ1v) is 7.88. The molecule has 0 bridgehead atoms. The molecule has 0 spiro atoms. The first-order chi connectivity index (χ1) is 7.75. The number of carbonyl (C=O) groups excluding carboxylic acids is 1. The molecule has 86 valence electrons. The normalized spacial score (nSPS) is 17.1. The lowest BCUT2D eigenvalue weighted by Crippen LogP contribution is -2.24. The van der Waals surface area contributed by atoms with E-state index in [-0.39, 0.29) is 16.3 Å². The predicted octanol–water partition coefficient (Wildman–Crippen LogP) is 3.22. The molecule has 1 saturated heterocycles. The van der Waals surface area contributed by atoms with E-state index in [1.807, 2.05) is 11.8 Å². The zero-order valence-electron chi connectivity index (χ0n) is 8.31. The molecule has 16 heavy (non-hydrogen) atoms. The zero-order valence-corrected chi connectivity index (χ0v) is 10.8. The summed E-state index contributed by atoms with van der Waals surface area (Å²) in [6, 6.07) is 5.82. The molecule has 0 saturated carbocycles. The van der Waals surface area contributed by atoms with Gasteiger partial charge in [0, 0.05) is 15.9 Å². The monoisotopic (exact) mass is 275 g/mol. The van der Waals surface area contributed by atoms with E-state index in [0.29, 0.717) is 5.69 Å². The molecular weight excluding hydrogens is 265 g/mol. The van der Waals surface area contributed by atoms with Gasteiger partial charge in [0.1, 0.15) is 10.4 Å². The fourth-order valence-corrected chi connectivity index (χ4v) is 5.64. The van der Waals surface area contributed by atoms with E-state index < -0.39 is 0 Å². The largest absolute Gasteiger partial charge is 0.324 e. The highest BCUT2D eigenvalue weighted by Gasteiger charge is 2.22. The van der Waals surface area contributed by atoms with Crippen LogP contribution in [0.4, 0.5) is 10.1 Å². The number of anilines is 1. The van der Waals surface area contributed by atoms with Crippen LogP contribution in [0.5, 0.6) is 0 Å². The van der Waals surface area contributed by atoms with Gasteiger partial charge in [-0.15, -0.1) is 35.3 Å². The molecule has 1 aromatic carbocycles. The van der Waals surface area contributed by atoms with Crippen molar-refractivity contribution in [2.75, 3.05) is 15.5 Å². The van der Waals surface area contributed by atoms with E-state index in [1.165, 1.54) is 12.1 Å². The van der Waals surface area contributed by atoms with Crippen molar-refractivity contribution in [1.29, 1.82) is 0 Å². The van der Waals surface area contributed by atoms with Crippen LogP contribution in [0.2, 0.25) is 0 Å². The summed E-state index contributed by atoms with van der Waals surface area (Å²) in [5.74, 6) is -0.308. The number of thioether (sulfide) groups is 3. The maximum absolute atomic E-state index is 12.7. The number of halogens is 1. The highest BCUT2D eigenvalue weighted by Crippen LogP contribution is 2.36. The topological polar surface area (TPSA) is 29.1 Å². The lowest BCUT2D eigenvalue weighted by atomic mass is 10.3. The molecule has 1 aromatic rings. The molecule has 1 N–H and O–H groups in total. The summed E-state index contributed by atoms with van der Waals surface area (Å²) in [6.07, 6.45) is 0. The second-order valence-electron chi connectivity index (χ2n) is 3.10. The third-order valence-electron chi connectivity index (χ3n) is 1.93. The minimum absolute atomic E-state index is 0.0121. The van der Waals surface area contributed by atoms with Gasteiger partial charge < -0.3 is 5.32 Å². The van der Waals surface area contributed by atoms with Crippen molar-refractivity contribution in [3.8, 4) is 0 Å². The Bertz CT molecular complexity index is 365. The molecule has 2 rings (SSSR count). The number of carbonyl (C=O) groups is 1. The fraction of sp³-hybridized carbons (Fsp3) is 0.300. The summed E-state index contributed by atoms with van der Waals surface area (Å²) >= 11 is 5.09. The molecule has 1 aliphatic heterocycles. The molecule has 0 aliphatic carbocycles. The van der Waals surface area contributed by atoms with E-state index in [4.69, 9.17) is 0 Å². The number of benzene rings is 1. The SMILES string of the molecule is O=C(Nc1ccc(F)cc1)C1SCSCS1. The van der Waals surface area contributed by atoms with Crippen molar-refractivity contribution in [2.24, 2.45) is 0 Å². The lowest BCUT2D eigenvalue weighted by Gasteiger charge is -2.19. The second kappa shape index (κ2) is 5.84. The van der Waals surface area contributed by atoms with Crippen LogP contribution in [0.15, 0.2) is 24.3 Å². The average molecular weight is 275 g/mol. The van der Waals surface area contributed by atoms with Gasteiger partial charge in [-0.3, -0.25) is 4.79 Å². The summed E-state index contributed by atoms with van der Waals surface area (Å²) in [7, 11) is 0. The minimum atomic E-state index is -0.296. The molecule has 6 heteroatoms. The maximum Gasteiger partial charge on any atom is 0.247 e. The predicted molar refractivity (Wildman–Crippen MR) is 71.3 cm³/mol. The van der Waals surface area contributed by atoms with E-state index in [1.54, 1.807) is 35.7 Å². The highest BCUT2D eigenvalue weighted by atomic mass is 32.3. The Balaban J connectivity index is 1.93. The van der Waals surface area contributed by atoms with Crippen LogP contribution in [0.1, 0.15) is 0 Å². The van der Waals surface area contributed by atoms with Crippen LogP contribution in [-0.4, -0.2) is 20.7 Å². The molecule has 1 heterocycles. The second-order valence-corrected chi connectivity index (χ2v) is 7.30. The van der Waals surface area contributed by atoms with Crippen molar-refractivity contribution in [2.45, 2.75) is 4.58 Å². The van der Waals surface area contributed by atoms with Crippen LogP contribution in [0.3, 0.4) is 0 Å². The molecule has 0 radical (unpaired) electrons. The summed E-state index contributed by atoms with van der Waals surface area (Å²) in [5.41, 5.74) is 0.644. The Morgan fingerprint density at radius 3 is 2.50 bits per heavy atom. The van der Waals surface area contributed by atoms with Crippen molar-refractivity contribution in [3.63, 3.8) is 0 Å². The van der Waals surface area contributed by atoms with E-state index in [0.717, 1.165) is 10.2 Å². The van der Waals surface area contributed by atoms with Crippen LogP contribution >= 0.6 is 35.3 Å². The van der Waals surface area contributed by atoms with Gasteiger partial charge in [-0.25, -0.2) is 4.39 Å². The smallest absolute Gasteiger partial charge is 0.247 e. The van der Waals surface area contributed by atoms with Gasteiger partial charge >= 0.3 is 0 Å². The number of hydrogen-bond donors (Lipinski definition) is 1. The van der Waals surface area contributed by atoms with Gasteiger partial charge in [-0.1, -0.05) is 0 Å². The van der Waals surface area contributed by atoms with Gasteiger partial charge in [-0.05, 0) is 24.3 Å². The quantitative estimate of drug-likeness (QED) is 0.897. The number of rotatable bonds is 2. The van der Waals surface area contributed by atoms with Gasteiger partial charge in [0.2, 0.25) is 5.91 Å². The van der Waals surface area contributed by atoms with Gasteiger partial charge in [0.05, 0.1) is 0 Å². The van der Waals surface area contributed by atoms with Gasteiger partial charge in [0.25, 0.3) is 0 Å². The van der Waals surface area contributed by atoms with Crippen molar-refractivity contribution >= 4 is 46.9 Å². The Kier molecular flexibility index (Phi) is 4.43. The van der Waals surface area contributed by atoms with Crippen molar-refractivity contribution in [1.82, 2.24) is 0 Å². The molecule has 1 fully saturated rings. The highest BCUT2D eigenvalue weighted by molar-refractivity contribution is 8.33. The minimum Gasteiger partial charge on any atom is -0.324 e. The third kappa shape index (κ3) is 3.33. The molecule has 1 amide bonds. The molecule has 0 unspecified atom stereocenters. The standard InChI is InChI=1S/C10H10FNOS3/c11-7-1-3-8(4-2-7)12-9(13)10-15-5-14-6-16-10/h1-4,10H,5-6H2,(H,12,13). The van der Waals surface area contributed by atoms with Gasteiger partial charge in [-0.2, -0.15) is 0 Å². The number of nitrogens with one attached hydrogen (secondary N) is 1. The average Bonchev–Trinajstić information content (AvgIpc) is 2.33. The van der Waals surface area contributed by atoms with Crippen LogP contribution < -0.4 is 5.32 Å². The Hall–Kier alpha value is -0.330. The van der Waals surface area contributed by atoms with Crippen LogP contribution in [0, 0.1) is 5.82 Å². The summed E-state index contributed by atoms with van der Waals surface area (Å²) in [4.78, 5) is 11.8. The van der Waals surface area contributed by atoms with Gasteiger partial charge in [0.15, 0.2) is 0 Å². The first-order valence-electron chi connectivity index (χ1n) is 4.63. The van der Waals surface area contributed by atoms with Crippen molar-refractivity contribution < 1.29 is 9.18 Å². The molecule has 1 aliphatic rings. The zero-order chi connectivity index (χ0) is 11.4. The molecule has 0 atom stereocenters. The number of amides is 1. The fourth-order valence-electron chi connectivity index (χ4n) is 1.19. The molecule has 0 aromatic heterocycles.